The van der Waals surface area contributed by atoms with E-state index < -0.39 is 0 Å². The van der Waals surface area contributed by atoms with Gasteiger partial charge in [-0.2, -0.15) is 0 Å². The van der Waals surface area contributed by atoms with Crippen LogP contribution >= 0.6 is 0 Å². The second kappa shape index (κ2) is 7.01. The maximum absolute atomic E-state index is 12.4. The Morgan fingerprint density at radius 2 is 2.23 bits per heavy atom. The molecule has 1 amide bonds. The van der Waals surface area contributed by atoms with Crippen molar-refractivity contribution in [1.82, 2.24) is 10.2 Å². The highest BCUT2D eigenvalue weighted by atomic mass is 16.7. The van der Waals surface area contributed by atoms with E-state index in [9.17, 15) is 4.79 Å². The Balaban J connectivity index is 1.55. The van der Waals surface area contributed by atoms with Gasteiger partial charge in [0.05, 0.1) is 0 Å². The van der Waals surface area contributed by atoms with Crippen LogP contribution in [0.15, 0.2) is 18.2 Å². The predicted octanol–water partition coefficient (Wildman–Crippen LogP) is 2.15. The van der Waals surface area contributed by atoms with Crippen molar-refractivity contribution in [3.63, 3.8) is 0 Å². The van der Waals surface area contributed by atoms with Crippen LogP contribution < -0.4 is 14.8 Å². The second-order valence-electron chi connectivity index (χ2n) is 5.99. The Kier molecular flexibility index (Phi) is 4.83. The van der Waals surface area contributed by atoms with E-state index in [0.717, 1.165) is 43.1 Å². The molecule has 0 bridgehead atoms. The average Bonchev–Trinajstić information content (AvgIpc) is 3.20. The van der Waals surface area contributed by atoms with Crippen molar-refractivity contribution in [1.29, 1.82) is 0 Å². The number of ether oxygens (including phenoxy) is 2. The number of carbonyl (C=O) groups excluding carboxylic acids is 1. The zero-order valence-electron chi connectivity index (χ0n) is 13.1. The minimum atomic E-state index is 0.243. The van der Waals surface area contributed by atoms with E-state index in [-0.39, 0.29) is 12.7 Å². The van der Waals surface area contributed by atoms with Crippen molar-refractivity contribution < 1.29 is 14.3 Å². The molecular formula is C17H24N2O3. The van der Waals surface area contributed by atoms with Gasteiger partial charge in [0.1, 0.15) is 0 Å². The fourth-order valence-electron chi connectivity index (χ4n) is 3.08. The average molecular weight is 304 g/mol. The first-order chi connectivity index (χ1) is 10.8. The molecule has 120 valence electrons. The maximum Gasteiger partial charge on any atom is 0.231 e. The summed E-state index contributed by atoms with van der Waals surface area (Å²) in [5, 5.41) is 3.35. The van der Waals surface area contributed by atoms with Gasteiger partial charge in [-0.05, 0) is 56.5 Å². The van der Waals surface area contributed by atoms with Crippen molar-refractivity contribution in [3.8, 4) is 11.5 Å². The van der Waals surface area contributed by atoms with Gasteiger partial charge in [-0.1, -0.05) is 6.07 Å². The summed E-state index contributed by atoms with van der Waals surface area (Å²) in [7, 11) is 0. The van der Waals surface area contributed by atoms with E-state index >= 15 is 0 Å². The third-order valence-electron chi connectivity index (χ3n) is 4.47. The lowest BCUT2D eigenvalue weighted by molar-refractivity contribution is -0.131. The van der Waals surface area contributed by atoms with Crippen molar-refractivity contribution >= 4 is 5.91 Å². The molecule has 1 saturated heterocycles. The summed E-state index contributed by atoms with van der Waals surface area (Å²) in [6.45, 7) is 5.83. The number of nitrogens with one attached hydrogen (secondary N) is 1. The first kappa shape index (κ1) is 15.2. The molecule has 3 rings (SSSR count). The van der Waals surface area contributed by atoms with Crippen molar-refractivity contribution in [2.75, 3.05) is 26.4 Å². The summed E-state index contributed by atoms with van der Waals surface area (Å²) in [4.78, 5) is 14.3. The van der Waals surface area contributed by atoms with Crippen molar-refractivity contribution in [2.45, 2.75) is 32.7 Å². The lowest BCUT2D eigenvalue weighted by Crippen LogP contribution is -2.30. The quantitative estimate of drug-likeness (QED) is 0.875. The van der Waals surface area contributed by atoms with E-state index in [0.29, 0.717) is 18.9 Å². The molecule has 1 N–H and O–H groups in total. The van der Waals surface area contributed by atoms with Gasteiger partial charge in [0.25, 0.3) is 0 Å². The lowest BCUT2D eigenvalue weighted by atomic mass is 10.0. The summed E-state index contributed by atoms with van der Waals surface area (Å²) < 4.78 is 10.7. The van der Waals surface area contributed by atoms with Gasteiger partial charge in [0.2, 0.25) is 12.7 Å². The molecule has 0 aromatic heterocycles. The minimum absolute atomic E-state index is 0.243. The number of benzene rings is 1. The van der Waals surface area contributed by atoms with E-state index in [4.69, 9.17) is 9.47 Å². The number of carbonyl (C=O) groups is 1. The van der Waals surface area contributed by atoms with Crippen LogP contribution in [-0.4, -0.2) is 37.2 Å². The fourth-order valence-corrected chi connectivity index (χ4v) is 3.08. The molecule has 1 unspecified atom stereocenters. The molecule has 2 aliphatic rings. The molecular weight excluding hydrogens is 280 g/mol. The molecule has 1 fully saturated rings. The third-order valence-corrected chi connectivity index (χ3v) is 4.47. The van der Waals surface area contributed by atoms with Gasteiger partial charge in [-0.15, -0.1) is 0 Å². The molecule has 0 radical (unpaired) electrons. The number of fused-ring (bicyclic) bond motifs is 1. The SMILES string of the molecule is CCN(Cc1ccc2c(c1)OCO2)C(=O)CCC1CCNC1. The fraction of sp³-hybridized carbons (Fsp3) is 0.588. The summed E-state index contributed by atoms with van der Waals surface area (Å²) >= 11 is 0. The van der Waals surface area contributed by atoms with Gasteiger partial charge < -0.3 is 19.7 Å². The molecule has 5 heteroatoms. The molecule has 5 nitrogen and oxygen atoms in total. The molecule has 0 aliphatic carbocycles. The van der Waals surface area contributed by atoms with Gasteiger partial charge in [0, 0.05) is 19.5 Å². The Morgan fingerprint density at radius 1 is 1.36 bits per heavy atom. The molecule has 22 heavy (non-hydrogen) atoms. The van der Waals surface area contributed by atoms with Crippen LogP contribution in [-0.2, 0) is 11.3 Å². The number of hydrogen-bond acceptors (Lipinski definition) is 4. The Hall–Kier alpha value is -1.75. The first-order valence-corrected chi connectivity index (χ1v) is 8.13. The summed E-state index contributed by atoms with van der Waals surface area (Å²) in [6, 6.07) is 5.89. The van der Waals surface area contributed by atoms with Gasteiger partial charge in [0.15, 0.2) is 11.5 Å². The van der Waals surface area contributed by atoms with E-state index in [1.165, 1.54) is 6.42 Å². The number of rotatable bonds is 6. The smallest absolute Gasteiger partial charge is 0.231 e. The Labute approximate surface area is 131 Å². The van der Waals surface area contributed by atoms with E-state index in [1.54, 1.807) is 0 Å². The van der Waals surface area contributed by atoms with Crippen LogP contribution in [0.1, 0.15) is 31.7 Å². The number of amides is 1. The van der Waals surface area contributed by atoms with Crippen LogP contribution in [0, 0.1) is 5.92 Å². The van der Waals surface area contributed by atoms with Crippen LogP contribution in [0.25, 0.3) is 0 Å². The molecule has 0 spiro atoms. The van der Waals surface area contributed by atoms with E-state index in [1.807, 2.05) is 30.0 Å². The zero-order chi connectivity index (χ0) is 15.4. The summed E-state index contributed by atoms with van der Waals surface area (Å²) in [5.74, 6) is 2.46. The summed E-state index contributed by atoms with van der Waals surface area (Å²) in [6.07, 6.45) is 2.83. The summed E-state index contributed by atoms with van der Waals surface area (Å²) in [5.41, 5.74) is 1.09. The van der Waals surface area contributed by atoms with Crippen LogP contribution in [0.4, 0.5) is 0 Å². The van der Waals surface area contributed by atoms with Crippen LogP contribution in [0.5, 0.6) is 11.5 Å². The molecule has 1 atom stereocenters. The number of nitrogens with zero attached hydrogens (tertiary/aromatic N) is 1. The largest absolute Gasteiger partial charge is 0.454 e. The van der Waals surface area contributed by atoms with Crippen molar-refractivity contribution in [3.05, 3.63) is 23.8 Å². The standard InChI is InChI=1S/C17H24N2O3/c1-2-19(17(20)6-4-13-7-8-18-10-13)11-14-3-5-15-16(9-14)22-12-21-15/h3,5,9,13,18H,2,4,6-8,10-12H2,1H3. The molecule has 0 saturated carbocycles. The second-order valence-corrected chi connectivity index (χ2v) is 5.99. The topological polar surface area (TPSA) is 50.8 Å². The van der Waals surface area contributed by atoms with Gasteiger partial charge in [-0.25, -0.2) is 0 Å². The lowest BCUT2D eigenvalue weighted by Gasteiger charge is -2.22. The third kappa shape index (κ3) is 3.53. The highest BCUT2D eigenvalue weighted by Crippen LogP contribution is 2.32. The van der Waals surface area contributed by atoms with Crippen molar-refractivity contribution in [2.24, 2.45) is 5.92 Å². The maximum atomic E-state index is 12.4. The predicted molar refractivity (Wildman–Crippen MR) is 83.9 cm³/mol. The Bertz CT molecular complexity index is 527. The highest BCUT2D eigenvalue weighted by molar-refractivity contribution is 5.76. The molecule has 1 aromatic carbocycles. The van der Waals surface area contributed by atoms with E-state index in [2.05, 4.69) is 5.32 Å². The monoisotopic (exact) mass is 304 g/mol. The molecule has 1 aromatic rings. The van der Waals surface area contributed by atoms with Gasteiger partial charge >= 0.3 is 0 Å². The number of hydrogen-bond donors (Lipinski definition) is 1. The molecule has 2 aliphatic heterocycles. The van der Waals surface area contributed by atoms with Crippen LogP contribution in [0.2, 0.25) is 0 Å². The molecule has 2 heterocycles. The van der Waals surface area contributed by atoms with Gasteiger partial charge in [-0.3, -0.25) is 4.79 Å². The Morgan fingerprint density at radius 3 is 3.00 bits per heavy atom. The normalized spacial score (nSPS) is 19.4. The minimum Gasteiger partial charge on any atom is -0.454 e. The van der Waals surface area contributed by atoms with Crippen LogP contribution in [0.3, 0.4) is 0 Å². The highest BCUT2D eigenvalue weighted by Gasteiger charge is 2.19. The first-order valence-electron chi connectivity index (χ1n) is 8.13. The zero-order valence-corrected chi connectivity index (χ0v) is 13.1.